The van der Waals surface area contributed by atoms with Crippen molar-refractivity contribution in [3.05, 3.63) is 65.0 Å². The third-order valence-electron chi connectivity index (χ3n) is 8.51. The Morgan fingerprint density at radius 2 is 1.93 bits per heavy atom. The van der Waals surface area contributed by atoms with Crippen LogP contribution in [0.2, 0.25) is 0 Å². The monoisotopic (exact) mass is 564 g/mol. The van der Waals surface area contributed by atoms with Crippen LogP contribution < -0.4 is 32.2 Å². The Labute approximate surface area is 236 Å². The van der Waals surface area contributed by atoms with E-state index in [2.05, 4.69) is 39.8 Å². The van der Waals surface area contributed by atoms with E-state index in [1.807, 2.05) is 12.1 Å². The number of nitrogens with one attached hydrogen (secondary N) is 3. The highest BCUT2D eigenvalue weighted by atomic mass is 19.1. The van der Waals surface area contributed by atoms with Crippen LogP contribution in [0.1, 0.15) is 46.5 Å². The number of amides is 2. The Balaban J connectivity index is 1.22. The molecule has 13 heteroatoms. The van der Waals surface area contributed by atoms with Gasteiger partial charge in [-0.3, -0.25) is 9.59 Å². The fraction of sp³-hybridized carbons (Fsp3) is 0.429. The molecule has 0 radical (unpaired) electrons. The van der Waals surface area contributed by atoms with Gasteiger partial charge >= 0.3 is 0 Å². The first-order chi connectivity index (χ1) is 19.5. The minimum Gasteiger partial charge on any atom is -0.492 e. The molecule has 0 bridgehead atoms. The van der Waals surface area contributed by atoms with Crippen molar-refractivity contribution in [2.75, 3.05) is 19.7 Å². The summed E-state index contributed by atoms with van der Waals surface area (Å²) >= 11 is 0. The molecule has 1 spiro atoms. The molecular weight excluding hydrogens is 531 g/mol. The molecule has 1 fully saturated rings. The highest BCUT2D eigenvalue weighted by Crippen LogP contribution is 2.42. The summed E-state index contributed by atoms with van der Waals surface area (Å²) in [6, 6.07) is 8.50. The number of nitrogens with zero attached hydrogens (tertiary/aromatic N) is 3. The second kappa shape index (κ2) is 9.61. The van der Waals surface area contributed by atoms with Gasteiger partial charge in [-0.15, -0.1) is 0 Å². The van der Waals surface area contributed by atoms with Gasteiger partial charge in [-0.2, -0.15) is 0 Å². The average Bonchev–Trinajstić information content (AvgIpc) is 3.43. The van der Waals surface area contributed by atoms with E-state index in [1.54, 1.807) is 11.0 Å². The van der Waals surface area contributed by atoms with E-state index in [1.165, 1.54) is 24.3 Å². The number of ether oxygens (including phenoxy) is 1. The molecule has 1 saturated heterocycles. The molecule has 12 nitrogen and oxygen atoms in total. The normalized spacial score (nSPS) is 29.1. The molecule has 5 atom stereocenters. The van der Waals surface area contributed by atoms with Crippen LogP contribution in [0.3, 0.4) is 0 Å². The number of benzene rings is 2. The zero-order valence-corrected chi connectivity index (χ0v) is 22.7. The van der Waals surface area contributed by atoms with Crippen LogP contribution in [-0.4, -0.2) is 83.3 Å². The first-order valence-corrected chi connectivity index (χ1v) is 13.5. The molecule has 4 aliphatic heterocycles. The van der Waals surface area contributed by atoms with Crippen LogP contribution in [-0.2, 0) is 5.41 Å². The number of aliphatic imine (C=N–C) groups is 2. The predicted molar refractivity (Wildman–Crippen MR) is 149 cm³/mol. The Kier molecular flexibility index (Phi) is 6.29. The summed E-state index contributed by atoms with van der Waals surface area (Å²) in [5.41, 5.74) is 12.7. The van der Waals surface area contributed by atoms with Crippen LogP contribution in [0.15, 0.2) is 52.4 Å². The fourth-order valence-corrected chi connectivity index (χ4v) is 6.30. The molecule has 2 aromatic rings. The standard InChI is InChI=1S/C28H33FN8O4/c1-27(2)10-11-41-20-16(4-3-5-17(20)27)24(40)33-19-13-37-26(31)34-18(21-28(37,22(19)38)36-25(30)35-21)12-32-23(39)14-6-8-15(29)9-7-14/h3-9,18-19,21-22,38H,10-13H2,1-2H3,(H2,31,34)(H,32,39)(H,33,40)(H3,30,35,36)/t18-,19?,21-,22+,28-/m0/s1. The summed E-state index contributed by atoms with van der Waals surface area (Å²) in [4.78, 5) is 36.9. The lowest BCUT2D eigenvalue weighted by Crippen LogP contribution is -2.73. The number of hydrogen-bond donors (Lipinski definition) is 6. The quantitative estimate of drug-likeness (QED) is 0.288. The molecule has 4 aliphatic rings. The molecule has 6 rings (SSSR count). The third-order valence-corrected chi connectivity index (χ3v) is 8.51. The van der Waals surface area contributed by atoms with E-state index in [4.69, 9.17) is 16.2 Å². The fourth-order valence-electron chi connectivity index (χ4n) is 6.30. The van der Waals surface area contributed by atoms with Gasteiger partial charge in [0, 0.05) is 24.2 Å². The highest BCUT2D eigenvalue weighted by Gasteiger charge is 2.65. The van der Waals surface area contributed by atoms with Crippen LogP contribution >= 0.6 is 0 Å². The minimum atomic E-state index is -1.28. The van der Waals surface area contributed by atoms with E-state index in [9.17, 15) is 19.1 Å². The molecule has 0 aliphatic carbocycles. The van der Waals surface area contributed by atoms with Gasteiger partial charge in [0.15, 0.2) is 17.6 Å². The second-order valence-electron chi connectivity index (χ2n) is 11.5. The zero-order chi connectivity index (χ0) is 29.1. The van der Waals surface area contributed by atoms with Crippen LogP contribution in [0, 0.1) is 5.82 Å². The number of carbonyl (C=O) groups is 2. The summed E-state index contributed by atoms with van der Waals surface area (Å²) in [6.07, 6.45) is -0.356. The van der Waals surface area contributed by atoms with Gasteiger partial charge in [0.1, 0.15) is 23.7 Å². The van der Waals surface area contributed by atoms with Gasteiger partial charge in [-0.1, -0.05) is 26.0 Å². The first kappa shape index (κ1) is 26.8. The Morgan fingerprint density at radius 1 is 1.17 bits per heavy atom. The average molecular weight is 565 g/mol. The van der Waals surface area contributed by atoms with Gasteiger partial charge in [-0.25, -0.2) is 14.4 Å². The zero-order valence-electron chi connectivity index (χ0n) is 22.7. The summed E-state index contributed by atoms with van der Waals surface area (Å²) < 4.78 is 19.2. The molecular formula is C28H33FN8O4. The van der Waals surface area contributed by atoms with Crippen molar-refractivity contribution in [3.63, 3.8) is 0 Å². The predicted octanol–water partition coefficient (Wildman–Crippen LogP) is -0.230. The number of halogens is 1. The van der Waals surface area contributed by atoms with Gasteiger partial charge in [0.2, 0.25) is 0 Å². The van der Waals surface area contributed by atoms with Crippen molar-refractivity contribution in [2.24, 2.45) is 21.5 Å². The van der Waals surface area contributed by atoms with Crippen molar-refractivity contribution in [3.8, 4) is 5.75 Å². The van der Waals surface area contributed by atoms with Crippen LogP contribution in [0.4, 0.5) is 4.39 Å². The van der Waals surface area contributed by atoms with Crippen LogP contribution in [0.5, 0.6) is 5.75 Å². The smallest absolute Gasteiger partial charge is 0.255 e. The lowest BCUT2D eigenvalue weighted by molar-refractivity contribution is 0.0143. The number of rotatable bonds is 5. The SMILES string of the molecule is CC1(C)CCOc2c(C(=O)NC3CN4C(N)=N[C@@H](CNC(=O)c5ccc(F)cc5)[C@@H]5N=C(N)N[C@@]54[C@@H]3O)cccc21. The van der Waals surface area contributed by atoms with Crippen molar-refractivity contribution in [1.29, 1.82) is 0 Å². The molecule has 0 saturated carbocycles. The number of nitrogens with two attached hydrogens (primary N) is 2. The van der Waals surface area contributed by atoms with Crippen molar-refractivity contribution >= 4 is 23.7 Å². The molecule has 2 aromatic carbocycles. The number of aliphatic hydroxyl groups is 1. The second-order valence-corrected chi connectivity index (χ2v) is 11.5. The molecule has 216 valence electrons. The summed E-state index contributed by atoms with van der Waals surface area (Å²) in [7, 11) is 0. The maximum atomic E-state index is 13.5. The van der Waals surface area contributed by atoms with Crippen molar-refractivity contribution < 1.29 is 23.8 Å². The maximum Gasteiger partial charge on any atom is 0.255 e. The van der Waals surface area contributed by atoms with E-state index < -0.39 is 41.6 Å². The van der Waals surface area contributed by atoms with E-state index in [0.29, 0.717) is 17.9 Å². The number of fused-ring (bicyclic) bond motifs is 1. The largest absolute Gasteiger partial charge is 0.492 e. The minimum absolute atomic E-state index is 0.0304. The highest BCUT2D eigenvalue weighted by molar-refractivity contribution is 5.98. The van der Waals surface area contributed by atoms with E-state index in [-0.39, 0.29) is 41.9 Å². The maximum absolute atomic E-state index is 13.5. The Bertz CT molecular complexity index is 1460. The van der Waals surface area contributed by atoms with Gasteiger partial charge in [0.25, 0.3) is 11.8 Å². The third kappa shape index (κ3) is 4.31. The summed E-state index contributed by atoms with van der Waals surface area (Å²) in [6.45, 7) is 4.91. The molecule has 0 aromatic heterocycles. The number of guanidine groups is 2. The lowest BCUT2D eigenvalue weighted by Gasteiger charge is -2.46. The van der Waals surface area contributed by atoms with Crippen molar-refractivity contribution in [2.45, 2.75) is 55.6 Å². The number of carbonyl (C=O) groups excluding carboxylic acids is 2. The number of aliphatic hydroxyl groups excluding tert-OH is 1. The Hall–Kier alpha value is -4.39. The number of para-hydroxylation sites is 1. The molecule has 4 heterocycles. The Morgan fingerprint density at radius 3 is 2.68 bits per heavy atom. The molecule has 8 N–H and O–H groups in total. The molecule has 1 unspecified atom stereocenters. The van der Waals surface area contributed by atoms with Gasteiger partial charge < -0.3 is 42.2 Å². The molecule has 2 amide bonds. The van der Waals surface area contributed by atoms with Crippen molar-refractivity contribution in [1.82, 2.24) is 20.9 Å². The van der Waals surface area contributed by atoms with Crippen LogP contribution in [0.25, 0.3) is 0 Å². The van der Waals surface area contributed by atoms with E-state index >= 15 is 0 Å². The lowest BCUT2D eigenvalue weighted by atomic mass is 9.79. The number of hydrogen-bond acceptors (Lipinski definition) is 10. The van der Waals surface area contributed by atoms with Gasteiger partial charge in [-0.05, 0) is 42.2 Å². The van der Waals surface area contributed by atoms with Gasteiger partial charge in [0.05, 0.1) is 24.3 Å². The first-order valence-electron chi connectivity index (χ1n) is 13.5. The van der Waals surface area contributed by atoms with E-state index in [0.717, 1.165) is 12.0 Å². The summed E-state index contributed by atoms with van der Waals surface area (Å²) in [5, 5.41) is 20.5. The topological polar surface area (TPSA) is 180 Å². The molecule has 41 heavy (non-hydrogen) atoms. The summed E-state index contributed by atoms with van der Waals surface area (Å²) in [5.74, 6) is -0.521.